The monoisotopic (exact) mass is 231 g/mol. The van der Waals surface area contributed by atoms with Gasteiger partial charge in [0.2, 0.25) is 5.78 Å². The number of rotatable bonds is 4. The molecule has 0 spiro atoms. The molecule has 88 valence electrons. The van der Waals surface area contributed by atoms with Crippen molar-refractivity contribution in [3.8, 4) is 5.75 Å². The van der Waals surface area contributed by atoms with Gasteiger partial charge >= 0.3 is 0 Å². The van der Waals surface area contributed by atoms with Gasteiger partial charge in [0.25, 0.3) is 0 Å². The predicted molar refractivity (Wildman–Crippen MR) is 64.5 cm³/mol. The molecule has 0 N–H and O–H groups in total. The molecule has 0 unspecified atom stereocenters. The van der Waals surface area contributed by atoms with Crippen LogP contribution in [0.3, 0.4) is 0 Å². The molecule has 1 heterocycles. The molecule has 0 aliphatic rings. The number of methoxy groups -OCH3 is 2. The molecule has 2 rings (SSSR count). The molecule has 0 amide bonds. The van der Waals surface area contributed by atoms with Gasteiger partial charge in [0, 0.05) is 12.5 Å². The summed E-state index contributed by atoms with van der Waals surface area (Å²) in [5.41, 5.74) is 1.19. The Bertz CT molecular complexity index is 551. The number of ketones is 1. The minimum absolute atomic E-state index is 0.0503. The van der Waals surface area contributed by atoms with Gasteiger partial charge in [-0.3, -0.25) is 4.79 Å². The second-order valence-electron chi connectivity index (χ2n) is 3.61. The summed E-state index contributed by atoms with van der Waals surface area (Å²) in [7, 11) is 3.11. The first kappa shape index (κ1) is 11.5. The van der Waals surface area contributed by atoms with Crippen molar-refractivity contribution < 1.29 is 14.3 Å². The van der Waals surface area contributed by atoms with E-state index in [0.717, 1.165) is 16.7 Å². The normalized spacial score (nSPS) is 10.5. The van der Waals surface area contributed by atoms with Crippen molar-refractivity contribution in [2.45, 2.75) is 0 Å². The van der Waals surface area contributed by atoms with Crippen molar-refractivity contribution in [3.05, 3.63) is 36.0 Å². The molecule has 0 saturated heterocycles. The summed E-state index contributed by atoms with van der Waals surface area (Å²) in [5.74, 6) is 0.653. The van der Waals surface area contributed by atoms with Gasteiger partial charge in [-0.25, -0.2) is 4.98 Å². The number of carbonyl (C=O) groups excluding carboxylic acids is 1. The third kappa shape index (κ3) is 2.42. The fourth-order valence-electron chi connectivity index (χ4n) is 1.59. The van der Waals surface area contributed by atoms with Crippen molar-refractivity contribution in [2.75, 3.05) is 20.8 Å². The van der Waals surface area contributed by atoms with Gasteiger partial charge in [-0.05, 0) is 24.3 Å². The fourth-order valence-corrected chi connectivity index (χ4v) is 1.59. The van der Waals surface area contributed by atoms with E-state index in [0.29, 0.717) is 5.69 Å². The molecule has 0 aliphatic carbocycles. The molecule has 0 bridgehead atoms. The minimum Gasteiger partial charge on any atom is -0.497 e. The summed E-state index contributed by atoms with van der Waals surface area (Å²) < 4.78 is 9.92. The summed E-state index contributed by atoms with van der Waals surface area (Å²) in [6.45, 7) is 0.0503. The van der Waals surface area contributed by atoms with Crippen molar-refractivity contribution in [3.63, 3.8) is 0 Å². The number of ether oxygens (including phenoxy) is 2. The molecule has 1 aromatic carbocycles. The van der Waals surface area contributed by atoms with Crippen molar-refractivity contribution >= 4 is 16.7 Å². The van der Waals surface area contributed by atoms with Crippen LogP contribution in [0.5, 0.6) is 5.75 Å². The number of pyridine rings is 1. The van der Waals surface area contributed by atoms with Crippen LogP contribution >= 0.6 is 0 Å². The third-order valence-corrected chi connectivity index (χ3v) is 2.46. The number of carbonyl (C=O) groups is 1. The lowest BCUT2D eigenvalue weighted by atomic mass is 10.1. The van der Waals surface area contributed by atoms with Gasteiger partial charge in [0.05, 0.1) is 12.6 Å². The van der Waals surface area contributed by atoms with Crippen molar-refractivity contribution in [1.29, 1.82) is 0 Å². The summed E-state index contributed by atoms with van der Waals surface area (Å²) in [4.78, 5) is 15.9. The third-order valence-electron chi connectivity index (χ3n) is 2.46. The zero-order valence-corrected chi connectivity index (χ0v) is 9.77. The van der Waals surface area contributed by atoms with Gasteiger partial charge in [0.1, 0.15) is 18.1 Å². The Morgan fingerprint density at radius 2 is 2.06 bits per heavy atom. The second-order valence-corrected chi connectivity index (χ2v) is 3.61. The zero-order chi connectivity index (χ0) is 12.3. The van der Waals surface area contributed by atoms with Crippen LogP contribution in [0.15, 0.2) is 30.3 Å². The van der Waals surface area contributed by atoms with Gasteiger partial charge in [-0.2, -0.15) is 0 Å². The SMILES string of the molecule is COCC(=O)c1ccc2cc(OC)ccc2n1. The summed E-state index contributed by atoms with van der Waals surface area (Å²) in [6, 6.07) is 9.08. The van der Waals surface area contributed by atoms with E-state index in [-0.39, 0.29) is 12.4 Å². The van der Waals surface area contributed by atoms with Crippen LogP contribution in [0.25, 0.3) is 10.9 Å². The number of Topliss-reactive ketones (excluding diaryl/α,β-unsaturated/α-hetero) is 1. The molecular formula is C13H13NO3. The molecular weight excluding hydrogens is 218 g/mol. The van der Waals surface area contributed by atoms with Crippen LogP contribution in [0, 0.1) is 0 Å². The number of hydrogen-bond donors (Lipinski definition) is 0. The Morgan fingerprint density at radius 1 is 1.24 bits per heavy atom. The predicted octanol–water partition coefficient (Wildman–Crippen LogP) is 2.07. The minimum atomic E-state index is -0.120. The summed E-state index contributed by atoms with van der Waals surface area (Å²) >= 11 is 0. The molecule has 1 aromatic heterocycles. The highest BCUT2D eigenvalue weighted by atomic mass is 16.5. The van der Waals surface area contributed by atoms with Crippen molar-refractivity contribution in [2.24, 2.45) is 0 Å². The first-order valence-electron chi connectivity index (χ1n) is 5.21. The quantitative estimate of drug-likeness (QED) is 0.756. The molecule has 0 fully saturated rings. The highest BCUT2D eigenvalue weighted by molar-refractivity contribution is 5.97. The largest absolute Gasteiger partial charge is 0.497 e. The van der Waals surface area contributed by atoms with Crippen LogP contribution in [-0.4, -0.2) is 31.6 Å². The Labute approximate surface area is 99.2 Å². The van der Waals surface area contributed by atoms with Crippen LogP contribution in [0.2, 0.25) is 0 Å². The molecule has 0 atom stereocenters. The molecule has 4 heteroatoms. The van der Waals surface area contributed by atoms with Gasteiger partial charge < -0.3 is 9.47 Å². The number of aromatic nitrogens is 1. The topological polar surface area (TPSA) is 48.4 Å². The van der Waals surface area contributed by atoms with Crippen LogP contribution in [-0.2, 0) is 4.74 Å². The Balaban J connectivity index is 2.41. The maximum Gasteiger partial charge on any atom is 0.206 e. The molecule has 0 saturated carbocycles. The second kappa shape index (κ2) is 4.93. The lowest BCUT2D eigenvalue weighted by Gasteiger charge is -2.04. The Kier molecular flexibility index (Phi) is 3.35. The van der Waals surface area contributed by atoms with Gasteiger partial charge in [-0.1, -0.05) is 6.07 Å². The average molecular weight is 231 g/mol. The summed E-state index contributed by atoms with van der Waals surface area (Å²) in [6.07, 6.45) is 0. The maximum absolute atomic E-state index is 11.6. The molecule has 4 nitrogen and oxygen atoms in total. The van der Waals surface area contributed by atoms with Gasteiger partial charge in [-0.15, -0.1) is 0 Å². The Morgan fingerprint density at radius 3 is 2.76 bits per heavy atom. The van der Waals surface area contributed by atoms with E-state index in [9.17, 15) is 4.79 Å². The van der Waals surface area contributed by atoms with E-state index in [1.165, 1.54) is 7.11 Å². The van der Waals surface area contributed by atoms with Gasteiger partial charge in [0.15, 0.2) is 0 Å². The first-order valence-corrected chi connectivity index (χ1v) is 5.21. The van der Waals surface area contributed by atoms with Crippen LogP contribution in [0.4, 0.5) is 0 Å². The number of fused-ring (bicyclic) bond motifs is 1. The summed E-state index contributed by atoms with van der Waals surface area (Å²) in [5, 5.41) is 0.943. The highest BCUT2D eigenvalue weighted by Gasteiger charge is 2.07. The van der Waals surface area contributed by atoms with E-state index in [1.54, 1.807) is 13.2 Å². The average Bonchev–Trinajstić information content (AvgIpc) is 2.37. The molecule has 17 heavy (non-hydrogen) atoms. The molecule has 0 aliphatic heterocycles. The molecule has 2 aromatic rings. The van der Waals surface area contributed by atoms with Crippen molar-refractivity contribution in [1.82, 2.24) is 4.98 Å². The maximum atomic E-state index is 11.6. The van der Waals surface area contributed by atoms with E-state index in [4.69, 9.17) is 9.47 Å². The van der Waals surface area contributed by atoms with E-state index in [2.05, 4.69) is 4.98 Å². The first-order chi connectivity index (χ1) is 8.24. The number of benzene rings is 1. The Hall–Kier alpha value is -1.94. The van der Waals surface area contributed by atoms with Crippen LogP contribution < -0.4 is 4.74 Å². The van der Waals surface area contributed by atoms with E-state index in [1.807, 2.05) is 24.3 Å². The van der Waals surface area contributed by atoms with Crippen LogP contribution in [0.1, 0.15) is 10.5 Å². The lowest BCUT2D eigenvalue weighted by molar-refractivity contribution is 0.0843. The van der Waals surface area contributed by atoms with E-state index < -0.39 is 0 Å². The smallest absolute Gasteiger partial charge is 0.206 e. The highest BCUT2D eigenvalue weighted by Crippen LogP contribution is 2.19. The lowest BCUT2D eigenvalue weighted by Crippen LogP contribution is -2.08. The number of nitrogens with zero attached hydrogens (tertiary/aromatic N) is 1. The van der Waals surface area contributed by atoms with E-state index >= 15 is 0 Å². The standard InChI is InChI=1S/C13H13NO3/c1-16-8-13(15)12-5-3-9-7-10(17-2)4-6-11(9)14-12/h3-7H,8H2,1-2H3. The molecule has 0 radical (unpaired) electrons. The zero-order valence-electron chi connectivity index (χ0n) is 9.77. The fraction of sp³-hybridized carbons (Fsp3) is 0.231. The number of hydrogen-bond acceptors (Lipinski definition) is 4.